The average Bonchev–Trinajstić information content (AvgIpc) is 2.87. The molecule has 3 aromatic rings. The van der Waals surface area contributed by atoms with E-state index < -0.39 is 40.6 Å². The minimum absolute atomic E-state index is 0.0227. The van der Waals surface area contributed by atoms with E-state index in [1.54, 1.807) is 49.4 Å². The molecule has 0 aliphatic carbocycles. The molecule has 0 saturated heterocycles. The molecule has 0 saturated carbocycles. The first-order valence-corrected chi connectivity index (χ1v) is 11.4. The molecule has 2 aromatic carbocycles. The molecule has 11 heteroatoms. The number of carbonyl (C=O) groups is 2. The molecule has 0 bridgehead atoms. The lowest BCUT2D eigenvalue weighted by atomic mass is 9.99. The molecular formula is C27H24F4N4O3. The van der Waals surface area contributed by atoms with Crippen LogP contribution in [-0.4, -0.2) is 36.7 Å². The molecule has 198 valence electrons. The molecule has 0 spiro atoms. The molecule has 1 aromatic heterocycles. The van der Waals surface area contributed by atoms with Crippen molar-refractivity contribution in [2.75, 3.05) is 19.0 Å². The minimum atomic E-state index is -4.93. The number of aliphatic imine (C=N–C) groups is 1. The van der Waals surface area contributed by atoms with Crippen molar-refractivity contribution < 1.29 is 31.9 Å². The summed E-state index contributed by atoms with van der Waals surface area (Å²) < 4.78 is 60.6. The van der Waals surface area contributed by atoms with Crippen LogP contribution in [0.1, 0.15) is 34.1 Å². The Hall–Kier alpha value is -4.54. The second-order valence-corrected chi connectivity index (χ2v) is 7.91. The smallest absolute Gasteiger partial charge is 0.417 e. The van der Waals surface area contributed by atoms with Gasteiger partial charge in [-0.05, 0) is 42.8 Å². The van der Waals surface area contributed by atoms with Gasteiger partial charge in [0.1, 0.15) is 11.6 Å². The van der Waals surface area contributed by atoms with Gasteiger partial charge in [0.15, 0.2) is 0 Å². The van der Waals surface area contributed by atoms with Gasteiger partial charge in [-0.3, -0.25) is 14.6 Å². The van der Waals surface area contributed by atoms with Gasteiger partial charge >= 0.3 is 12.1 Å². The lowest BCUT2D eigenvalue weighted by molar-refractivity contribution is -0.142. The first-order chi connectivity index (χ1) is 18.0. The molecule has 0 radical (unpaired) electrons. The normalized spacial score (nSPS) is 12.0. The number of esters is 1. The summed E-state index contributed by atoms with van der Waals surface area (Å²) in [6.07, 6.45) is -2.84. The van der Waals surface area contributed by atoms with Crippen molar-refractivity contribution >= 4 is 29.6 Å². The third kappa shape index (κ3) is 6.81. The van der Waals surface area contributed by atoms with E-state index in [1.807, 2.05) is 0 Å². The van der Waals surface area contributed by atoms with Crippen LogP contribution in [-0.2, 0) is 22.1 Å². The highest BCUT2D eigenvalue weighted by atomic mass is 19.4. The van der Waals surface area contributed by atoms with Crippen molar-refractivity contribution in [2.24, 2.45) is 10.7 Å². The van der Waals surface area contributed by atoms with Crippen LogP contribution in [0.2, 0.25) is 0 Å². The van der Waals surface area contributed by atoms with Crippen LogP contribution in [0.4, 0.5) is 23.4 Å². The van der Waals surface area contributed by atoms with E-state index in [-0.39, 0.29) is 36.3 Å². The van der Waals surface area contributed by atoms with Gasteiger partial charge in [0.25, 0.3) is 5.91 Å². The fourth-order valence-electron chi connectivity index (χ4n) is 3.54. The summed E-state index contributed by atoms with van der Waals surface area (Å²) >= 11 is 0. The maximum absolute atomic E-state index is 14.9. The number of halogens is 4. The van der Waals surface area contributed by atoms with Crippen molar-refractivity contribution in [3.05, 3.63) is 88.9 Å². The van der Waals surface area contributed by atoms with Crippen LogP contribution in [0, 0.1) is 5.82 Å². The van der Waals surface area contributed by atoms with Crippen LogP contribution >= 0.6 is 0 Å². The zero-order valence-corrected chi connectivity index (χ0v) is 20.5. The summed E-state index contributed by atoms with van der Waals surface area (Å²) in [6, 6.07) is 12.9. The lowest BCUT2D eigenvalue weighted by Crippen LogP contribution is -2.19. The summed E-state index contributed by atoms with van der Waals surface area (Å²) in [7, 11) is 1.39. The number of amides is 1. The Labute approximate surface area is 216 Å². The Morgan fingerprint density at radius 2 is 1.82 bits per heavy atom. The van der Waals surface area contributed by atoms with Crippen LogP contribution in [0.15, 0.2) is 65.7 Å². The number of nitrogens with one attached hydrogen (secondary N) is 1. The van der Waals surface area contributed by atoms with Gasteiger partial charge in [0.05, 0.1) is 29.8 Å². The molecule has 3 N–H and O–H groups in total. The highest BCUT2D eigenvalue weighted by Gasteiger charge is 2.36. The Kier molecular flexibility index (Phi) is 8.95. The summed E-state index contributed by atoms with van der Waals surface area (Å²) in [5, 5.41) is 2.47. The number of allylic oxidation sites excluding steroid dienone is 1. The number of pyridine rings is 1. The maximum Gasteiger partial charge on any atom is 0.417 e. The third-order valence-corrected chi connectivity index (χ3v) is 5.27. The molecule has 7 nitrogen and oxygen atoms in total. The molecule has 0 aliphatic heterocycles. The number of hydrogen-bond donors (Lipinski definition) is 2. The van der Waals surface area contributed by atoms with E-state index in [9.17, 15) is 27.2 Å². The number of hydrogen-bond acceptors (Lipinski definition) is 6. The van der Waals surface area contributed by atoms with Gasteiger partial charge in [-0.1, -0.05) is 30.3 Å². The van der Waals surface area contributed by atoms with E-state index in [2.05, 4.69) is 15.3 Å². The van der Waals surface area contributed by atoms with E-state index in [0.717, 1.165) is 12.1 Å². The van der Waals surface area contributed by atoms with Crippen LogP contribution in [0.3, 0.4) is 0 Å². The topological polar surface area (TPSA) is 107 Å². The van der Waals surface area contributed by atoms with Crippen molar-refractivity contribution in [2.45, 2.75) is 19.5 Å². The number of ether oxygens (including phenoxy) is 1. The van der Waals surface area contributed by atoms with Gasteiger partial charge in [-0.15, -0.1) is 0 Å². The Bertz CT molecular complexity index is 1390. The van der Waals surface area contributed by atoms with Crippen LogP contribution < -0.4 is 11.1 Å². The highest BCUT2D eigenvalue weighted by molar-refractivity contribution is 6.06. The second-order valence-electron chi connectivity index (χ2n) is 7.91. The van der Waals surface area contributed by atoms with E-state index in [4.69, 9.17) is 10.5 Å². The SMILES string of the molecule is CCOC(=O)Cc1ccc(-c2ccccc2)c(NC(=O)c2cc(C(N)=CC=NC)c(C(F)(F)F)cc2F)n1. The Balaban J connectivity index is 2.08. The number of aromatic nitrogens is 1. The molecule has 1 amide bonds. The van der Waals surface area contributed by atoms with Crippen LogP contribution in [0.25, 0.3) is 16.8 Å². The zero-order chi connectivity index (χ0) is 27.9. The van der Waals surface area contributed by atoms with Gasteiger partial charge in [-0.25, -0.2) is 9.37 Å². The molecule has 0 atom stereocenters. The average molecular weight is 529 g/mol. The van der Waals surface area contributed by atoms with Crippen molar-refractivity contribution in [3.8, 4) is 11.1 Å². The van der Waals surface area contributed by atoms with Gasteiger partial charge in [0.2, 0.25) is 0 Å². The monoisotopic (exact) mass is 528 g/mol. The number of benzene rings is 2. The molecule has 0 unspecified atom stereocenters. The quantitative estimate of drug-likeness (QED) is 0.236. The van der Waals surface area contributed by atoms with Crippen molar-refractivity contribution in [1.29, 1.82) is 0 Å². The Morgan fingerprint density at radius 1 is 1.11 bits per heavy atom. The maximum atomic E-state index is 14.9. The molecule has 0 fully saturated rings. The van der Waals surface area contributed by atoms with Gasteiger partial charge in [-0.2, -0.15) is 13.2 Å². The standard InChI is InChI=1S/C27H24F4N4O3/c1-3-38-24(36)13-17-9-10-18(16-7-5-4-6-8-16)25(34-17)35-26(37)20-14-19(23(32)11-12-33-2)21(15-22(20)28)27(29,30)31/h4-12,14-15H,3,13,32H2,1-2H3,(H,34,35,37). The van der Waals surface area contributed by atoms with E-state index in [1.165, 1.54) is 13.3 Å². The Morgan fingerprint density at radius 3 is 2.45 bits per heavy atom. The summed E-state index contributed by atoms with van der Waals surface area (Å²) in [5.41, 5.74) is 4.18. The first kappa shape index (κ1) is 28.0. The minimum Gasteiger partial charge on any atom is -0.466 e. The van der Waals surface area contributed by atoms with Crippen LogP contribution in [0.5, 0.6) is 0 Å². The van der Waals surface area contributed by atoms with E-state index in [0.29, 0.717) is 11.1 Å². The fourth-order valence-corrected chi connectivity index (χ4v) is 3.54. The highest BCUT2D eigenvalue weighted by Crippen LogP contribution is 2.36. The molecule has 3 rings (SSSR count). The number of nitrogens with two attached hydrogens (primary N) is 1. The van der Waals surface area contributed by atoms with E-state index >= 15 is 0 Å². The van der Waals surface area contributed by atoms with Gasteiger partial charge < -0.3 is 15.8 Å². The summed E-state index contributed by atoms with van der Waals surface area (Å²) in [6.45, 7) is 1.82. The lowest BCUT2D eigenvalue weighted by Gasteiger charge is -2.16. The van der Waals surface area contributed by atoms with Gasteiger partial charge in [0, 0.05) is 30.1 Å². The number of alkyl halides is 3. The number of anilines is 1. The predicted octanol–water partition coefficient (Wildman–Crippen LogP) is 5.26. The number of nitrogens with zero attached hydrogens (tertiary/aromatic N) is 2. The fraction of sp³-hybridized carbons (Fsp3) is 0.185. The second kappa shape index (κ2) is 12.1. The first-order valence-electron chi connectivity index (χ1n) is 11.4. The number of carbonyl (C=O) groups excluding carboxylic acids is 2. The molecule has 38 heavy (non-hydrogen) atoms. The largest absolute Gasteiger partial charge is 0.466 e. The van der Waals surface area contributed by atoms with Crippen molar-refractivity contribution in [3.63, 3.8) is 0 Å². The predicted molar refractivity (Wildman–Crippen MR) is 136 cm³/mol. The zero-order valence-electron chi connectivity index (χ0n) is 20.5. The summed E-state index contributed by atoms with van der Waals surface area (Å²) in [5.74, 6) is -3.03. The number of rotatable bonds is 8. The molecular weight excluding hydrogens is 504 g/mol. The van der Waals surface area contributed by atoms with Crippen molar-refractivity contribution in [1.82, 2.24) is 4.98 Å². The molecule has 1 heterocycles. The molecule has 0 aliphatic rings. The third-order valence-electron chi connectivity index (χ3n) is 5.27. The summed E-state index contributed by atoms with van der Waals surface area (Å²) in [4.78, 5) is 33.1.